The van der Waals surface area contributed by atoms with Crippen LogP contribution in [0.5, 0.6) is 0 Å². The Balaban J connectivity index is 1.25. The Kier molecular flexibility index (Phi) is 8.22. The molecule has 11 nitrogen and oxygen atoms in total. The van der Waals surface area contributed by atoms with Gasteiger partial charge in [-0.25, -0.2) is 14.6 Å². The minimum absolute atomic E-state index is 0.112. The maximum Gasteiger partial charge on any atom is 0.352 e. The third-order valence-corrected chi connectivity index (χ3v) is 7.80. The third-order valence-electron chi connectivity index (χ3n) is 6.03. The van der Waals surface area contributed by atoms with Gasteiger partial charge in [-0.05, 0) is 17.2 Å². The van der Waals surface area contributed by atoms with Gasteiger partial charge >= 0.3 is 11.9 Å². The van der Waals surface area contributed by atoms with E-state index in [1.165, 1.54) is 34.7 Å². The molecule has 3 heterocycles. The number of nitrogens with one attached hydrogen (secondary N) is 1. The second-order valence-electron chi connectivity index (χ2n) is 8.56. The summed E-state index contributed by atoms with van der Waals surface area (Å²) in [6, 6.07) is 17.5. The fourth-order valence-corrected chi connectivity index (χ4v) is 5.91. The van der Waals surface area contributed by atoms with E-state index in [0.29, 0.717) is 5.75 Å². The molecule has 1 saturated heterocycles. The number of amides is 2. The van der Waals surface area contributed by atoms with Gasteiger partial charge in [0.15, 0.2) is 11.8 Å². The number of nitrogens with zero attached hydrogens (tertiary/aromatic N) is 3. The van der Waals surface area contributed by atoms with Crippen molar-refractivity contribution in [1.82, 2.24) is 15.2 Å². The molecule has 0 saturated carbocycles. The Morgan fingerprint density at radius 1 is 1.10 bits per heavy atom. The van der Waals surface area contributed by atoms with Crippen LogP contribution >= 0.6 is 23.1 Å². The van der Waals surface area contributed by atoms with Crippen molar-refractivity contribution < 1.29 is 33.9 Å². The molecule has 1 fully saturated rings. The molecule has 2 amide bonds. The highest BCUT2D eigenvalue weighted by atomic mass is 32.2. The predicted molar refractivity (Wildman–Crippen MR) is 146 cm³/mol. The zero-order valence-electron chi connectivity index (χ0n) is 20.7. The molecule has 13 heteroatoms. The molecule has 2 aliphatic rings. The van der Waals surface area contributed by atoms with Gasteiger partial charge in [0.1, 0.15) is 22.8 Å². The number of aromatic nitrogens is 1. The number of β-lactam (4-membered cyclic amide) rings is 1. The van der Waals surface area contributed by atoms with Gasteiger partial charge in [0.2, 0.25) is 6.61 Å². The summed E-state index contributed by atoms with van der Waals surface area (Å²) in [5, 5.41) is 16.8. The quantitative estimate of drug-likeness (QED) is 0.160. The smallest absolute Gasteiger partial charge is 0.352 e. The number of carboxylic acids is 1. The van der Waals surface area contributed by atoms with Crippen LogP contribution in [0.1, 0.15) is 22.9 Å². The maximum absolute atomic E-state index is 13.1. The van der Waals surface area contributed by atoms with Crippen LogP contribution in [-0.2, 0) is 28.8 Å². The molecule has 0 radical (unpaired) electrons. The number of hydrogen-bond donors (Lipinski definition) is 2. The highest BCUT2D eigenvalue weighted by molar-refractivity contribution is 8.00. The number of thioether (sulfide) groups is 1. The molecule has 2 aromatic carbocycles. The number of hydrogen-bond acceptors (Lipinski definition) is 10. The van der Waals surface area contributed by atoms with Crippen LogP contribution in [0.3, 0.4) is 0 Å². The average molecular weight is 579 g/mol. The molecule has 0 bridgehead atoms. The van der Waals surface area contributed by atoms with Crippen LogP contribution in [0.15, 0.2) is 88.5 Å². The van der Waals surface area contributed by atoms with E-state index in [1.54, 1.807) is 5.38 Å². The highest BCUT2D eigenvalue weighted by Gasteiger charge is 2.53. The van der Waals surface area contributed by atoms with Crippen molar-refractivity contribution in [2.75, 3.05) is 12.4 Å². The van der Waals surface area contributed by atoms with Gasteiger partial charge in [0, 0.05) is 11.1 Å². The largest absolute Gasteiger partial charge is 0.477 e. The van der Waals surface area contributed by atoms with E-state index in [1.807, 2.05) is 60.7 Å². The van der Waals surface area contributed by atoms with Crippen molar-refractivity contribution in [3.05, 3.63) is 100 Å². The first kappa shape index (κ1) is 27.1. The van der Waals surface area contributed by atoms with Crippen molar-refractivity contribution in [3.8, 4) is 0 Å². The number of ether oxygens (including phenoxy) is 1. The van der Waals surface area contributed by atoms with E-state index in [4.69, 9.17) is 9.57 Å². The monoisotopic (exact) mass is 578 g/mol. The lowest BCUT2D eigenvalue weighted by molar-refractivity contribution is -0.153. The summed E-state index contributed by atoms with van der Waals surface area (Å²) in [6.07, 6.45) is 0.781. The summed E-state index contributed by atoms with van der Waals surface area (Å²) in [4.78, 5) is 60.4. The second kappa shape index (κ2) is 12.1. The number of carbonyl (C=O) groups is 4. The Morgan fingerprint density at radius 2 is 1.77 bits per heavy atom. The van der Waals surface area contributed by atoms with Crippen LogP contribution in [0, 0.1) is 0 Å². The number of rotatable bonds is 10. The fourth-order valence-electron chi connectivity index (χ4n) is 4.18. The Morgan fingerprint density at radius 3 is 2.38 bits per heavy atom. The van der Waals surface area contributed by atoms with Crippen molar-refractivity contribution >= 4 is 52.6 Å². The van der Waals surface area contributed by atoms with Gasteiger partial charge in [-0.3, -0.25) is 14.5 Å². The lowest BCUT2D eigenvalue weighted by atomic mass is 10.0. The normalized spacial score (nSPS) is 18.3. The number of fused-ring (bicyclic) bond motifs is 1. The minimum atomic E-state index is -1.21. The Labute approximate surface area is 236 Å². The molecule has 2 aliphatic heterocycles. The Hall–Kier alpha value is -4.49. The van der Waals surface area contributed by atoms with Gasteiger partial charge < -0.3 is 20.0 Å². The first-order valence-electron chi connectivity index (χ1n) is 12.0. The summed E-state index contributed by atoms with van der Waals surface area (Å²) >= 11 is 2.54. The summed E-state index contributed by atoms with van der Waals surface area (Å²) in [7, 11) is 0. The van der Waals surface area contributed by atoms with Gasteiger partial charge in [-0.2, -0.15) is 0 Å². The van der Waals surface area contributed by atoms with Crippen molar-refractivity contribution in [3.63, 3.8) is 0 Å². The van der Waals surface area contributed by atoms with E-state index >= 15 is 0 Å². The minimum Gasteiger partial charge on any atom is -0.477 e. The number of aliphatic carboxylic acids is 1. The molecule has 0 aliphatic carbocycles. The van der Waals surface area contributed by atoms with E-state index < -0.39 is 47.9 Å². The second-order valence-corrected chi connectivity index (χ2v) is 10.4. The predicted octanol–water partition coefficient (Wildman–Crippen LogP) is 2.57. The lowest BCUT2D eigenvalue weighted by Gasteiger charge is -2.48. The van der Waals surface area contributed by atoms with Crippen LogP contribution in [0.4, 0.5) is 0 Å². The van der Waals surface area contributed by atoms with Crippen molar-refractivity contribution in [2.24, 2.45) is 5.16 Å². The average Bonchev–Trinajstić information content (AvgIpc) is 3.51. The first-order valence-corrected chi connectivity index (χ1v) is 14.0. The van der Waals surface area contributed by atoms with Crippen LogP contribution in [-0.4, -0.2) is 68.2 Å². The van der Waals surface area contributed by atoms with E-state index in [2.05, 4.69) is 15.5 Å². The van der Waals surface area contributed by atoms with E-state index in [9.17, 15) is 24.3 Å². The Bertz CT molecular complexity index is 1420. The molecule has 40 heavy (non-hydrogen) atoms. The number of esters is 1. The summed E-state index contributed by atoms with van der Waals surface area (Å²) in [5.74, 6) is -2.84. The van der Waals surface area contributed by atoms with Gasteiger partial charge in [-0.1, -0.05) is 65.8 Å². The standard InChI is InChI=1S/C27H22N4O7S2/c32-20(38-23(16-7-3-1-4-8-16)17-9-5-2-6-10-17)13-37-30-21(18-14-39-15-28-18)24(33)29-22-25(34)31-19(27(35)36)11-12-40-26(22)31/h1-11,14-15,22-23,26H,12-13H2,(H,29,33)(H,35,36)/b30-21+/t22?,26-/m1/s1. The summed E-state index contributed by atoms with van der Waals surface area (Å²) in [5.41, 5.74) is 2.88. The SMILES string of the molecule is O=C(CO/N=C(/C(=O)NC1C(=O)N2C(C(=O)O)=CCS[C@H]12)c1cscn1)OC(c1ccccc1)c1ccccc1. The highest BCUT2D eigenvalue weighted by Crippen LogP contribution is 2.37. The molecule has 1 unspecified atom stereocenters. The molecule has 2 atom stereocenters. The maximum atomic E-state index is 13.1. The van der Waals surface area contributed by atoms with E-state index in [0.717, 1.165) is 16.0 Å². The first-order chi connectivity index (χ1) is 19.4. The molecule has 0 spiro atoms. The van der Waals surface area contributed by atoms with Gasteiger partial charge in [0.05, 0.1) is 5.51 Å². The summed E-state index contributed by atoms with van der Waals surface area (Å²) in [6.45, 7) is -0.585. The van der Waals surface area contributed by atoms with Crippen molar-refractivity contribution in [2.45, 2.75) is 17.5 Å². The zero-order chi connectivity index (χ0) is 28.1. The molecular formula is C27H22N4O7S2. The van der Waals surface area contributed by atoms with Gasteiger partial charge in [-0.15, -0.1) is 23.1 Å². The third kappa shape index (κ3) is 5.75. The van der Waals surface area contributed by atoms with Crippen LogP contribution in [0.2, 0.25) is 0 Å². The number of carboxylic acid groups (broad SMARTS) is 1. The topological polar surface area (TPSA) is 147 Å². The zero-order valence-corrected chi connectivity index (χ0v) is 22.3. The van der Waals surface area contributed by atoms with E-state index in [-0.39, 0.29) is 17.1 Å². The molecule has 2 N–H and O–H groups in total. The number of thiazole rings is 1. The van der Waals surface area contributed by atoms with Crippen LogP contribution < -0.4 is 5.32 Å². The number of carbonyl (C=O) groups excluding carboxylic acids is 3. The molecule has 5 rings (SSSR count). The fraction of sp³-hybridized carbons (Fsp3) is 0.185. The van der Waals surface area contributed by atoms with Crippen molar-refractivity contribution in [1.29, 1.82) is 0 Å². The number of benzene rings is 2. The molecule has 204 valence electrons. The molecule has 3 aromatic rings. The van der Waals surface area contributed by atoms with Crippen LogP contribution in [0.25, 0.3) is 0 Å². The molecular weight excluding hydrogens is 556 g/mol. The lowest BCUT2D eigenvalue weighted by Crippen LogP contribution is -2.70. The van der Waals surface area contributed by atoms with Gasteiger partial charge in [0.25, 0.3) is 11.8 Å². The number of oxime groups is 1. The summed E-state index contributed by atoms with van der Waals surface area (Å²) < 4.78 is 5.70. The molecule has 1 aromatic heterocycles.